The van der Waals surface area contributed by atoms with Gasteiger partial charge < -0.3 is 25.4 Å². The number of carboxylic acid groups (broad SMARTS) is 1. The molecule has 35 heavy (non-hydrogen) atoms. The van der Waals surface area contributed by atoms with Crippen LogP contribution in [-0.2, 0) is 4.74 Å². The van der Waals surface area contributed by atoms with Gasteiger partial charge in [0.15, 0.2) is 5.65 Å². The molecule has 0 bridgehead atoms. The Labute approximate surface area is 202 Å². The van der Waals surface area contributed by atoms with Gasteiger partial charge in [0, 0.05) is 49.6 Å². The largest absolute Gasteiger partial charge is 0.465 e. The van der Waals surface area contributed by atoms with Crippen molar-refractivity contribution in [3.05, 3.63) is 18.1 Å². The number of nitrogens with zero attached hydrogens (tertiary/aromatic N) is 7. The molecule has 12 nitrogen and oxygen atoms in total. The number of anilines is 2. The Morgan fingerprint density at radius 3 is 2.54 bits per heavy atom. The smallest absolute Gasteiger partial charge is 0.407 e. The Morgan fingerprint density at radius 1 is 1.17 bits per heavy atom. The molecule has 186 valence electrons. The third-order valence-electron chi connectivity index (χ3n) is 6.92. The van der Waals surface area contributed by atoms with Crippen LogP contribution >= 0.6 is 0 Å². The van der Waals surface area contributed by atoms with E-state index in [1.807, 2.05) is 0 Å². The second-order valence-corrected chi connectivity index (χ2v) is 10.2. The highest BCUT2D eigenvalue weighted by Gasteiger charge is 2.40. The fourth-order valence-corrected chi connectivity index (χ4v) is 5.08. The minimum absolute atomic E-state index is 0.0751. The number of nitrogen functional groups attached to an aromatic ring is 1. The molecule has 5 heterocycles. The summed E-state index contributed by atoms with van der Waals surface area (Å²) in [6, 6.07) is -0.131. The lowest BCUT2D eigenvalue weighted by Gasteiger charge is -2.44. The quantitative estimate of drug-likeness (QED) is 0.507. The van der Waals surface area contributed by atoms with Gasteiger partial charge >= 0.3 is 6.09 Å². The van der Waals surface area contributed by atoms with E-state index in [4.69, 9.17) is 20.4 Å². The predicted octanol–water partition coefficient (Wildman–Crippen LogP) is 2.50. The van der Waals surface area contributed by atoms with Crippen molar-refractivity contribution in [3.63, 3.8) is 0 Å². The van der Waals surface area contributed by atoms with E-state index in [-0.39, 0.29) is 23.3 Å². The van der Waals surface area contributed by atoms with E-state index in [0.717, 1.165) is 16.6 Å². The molecule has 1 amide bonds. The summed E-state index contributed by atoms with van der Waals surface area (Å²) < 4.78 is 5.48. The summed E-state index contributed by atoms with van der Waals surface area (Å²) >= 11 is 0. The topological polar surface area (TPSA) is 159 Å². The van der Waals surface area contributed by atoms with Gasteiger partial charge in [-0.1, -0.05) is 20.8 Å². The van der Waals surface area contributed by atoms with E-state index in [0.29, 0.717) is 63.0 Å². The van der Waals surface area contributed by atoms with Crippen molar-refractivity contribution >= 4 is 29.0 Å². The second-order valence-electron chi connectivity index (χ2n) is 10.2. The number of carbonyl (C=O) groups is 1. The van der Waals surface area contributed by atoms with E-state index < -0.39 is 6.09 Å². The lowest BCUT2D eigenvalue weighted by atomic mass is 9.76. The van der Waals surface area contributed by atoms with Crippen LogP contribution in [0.2, 0.25) is 0 Å². The highest BCUT2D eigenvalue weighted by Crippen LogP contribution is 2.42. The molecule has 2 aliphatic heterocycles. The molecule has 5 rings (SSSR count). The van der Waals surface area contributed by atoms with Crippen LogP contribution in [0.3, 0.4) is 0 Å². The molecule has 2 aliphatic rings. The number of morpholine rings is 1. The zero-order valence-electron chi connectivity index (χ0n) is 20.2. The molecule has 4 N–H and O–H groups in total. The Bertz CT molecular complexity index is 1220. The molecule has 2 unspecified atom stereocenters. The van der Waals surface area contributed by atoms with Crippen LogP contribution in [0.5, 0.6) is 0 Å². The number of aromatic nitrogens is 6. The first-order valence-corrected chi connectivity index (χ1v) is 11.9. The zero-order chi connectivity index (χ0) is 24.7. The van der Waals surface area contributed by atoms with Crippen molar-refractivity contribution < 1.29 is 14.6 Å². The van der Waals surface area contributed by atoms with Crippen LogP contribution in [0.25, 0.3) is 22.3 Å². The van der Waals surface area contributed by atoms with Crippen LogP contribution in [0.4, 0.5) is 16.7 Å². The van der Waals surface area contributed by atoms with Crippen molar-refractivity contribution in [1.29, 1.82) is 0 Å². The van der Waals surface area contributed by atoms with Crippen LogP contribution < -0.4 is 10.6 Å². The van der Waals surface area contributed by atoms with Crippen LogP contribution in [0.1, 0.15) is 45.2 Å². The summed E-state index contributed by atoms with van der Waals surface area (Å²) in [4.78, 5) is 33.6. The number of fused-ring (bicyclic) bond motifs is 1. The normalized spacial score (nSPS) is 21.5. The Hall–Kier alpha value is -3.54. The average molecular weight is 482 g/mol. The molecule has 2 fully saturated rings. The maximum absolute atomic E-state index is 11.9. The molecule has 0 aromatic carbocycles. The summed E-state index contributed by atoms with van der Waals surface area (Å²) in [5, 5.41) is 18.4. The maximum Gasteiger partial charge on any atom is 0.407 e. The van der Waals surface area contributed by atoms with Crippen LogP contribution in [0.15, 0.2) is 12.4 Å². The van der Waals surface area contributed by atoms with Crippen molar-refractivity contribution in [2.24, 2.45) is 5.41 Å². The number of hydrogen-bond acceptors (Lipinski definition) is 9. The summed E-state index contributed by atoms with van der Waals surface area (Å²) in [7, 11) is 0. The van der Waals surface area contributed by atoms with Gasteiger partial charge in [-0.05, 0) is 18.3 Å². The number of ether oxygens (including phenoxy) is 1. The molecule has 0 radical (unpaired) electrons. The third-order valence-corrected chi connectivity index (χ3v) is 6.92. The lowest BCUT2D eigenvalue weighted by Crippen LogP contribution is -2.51. The van der Waals surface area contributed by atoms with E-state index in [2.05, 4.69) is 45.8 Å². The first kappa shape index (κ1) is 23.2. The summed E-state index contributed by atoms with van der Waals surface area (Å²) in [5.74, 6) is 0.846. The number of H-pyrrole nitrogens is 1. The first-order chi connectivity index (χ1) is 16.7. The van der Waals surface area contributed by atoms with Gasteiger partial charge in [0.2, 0.25) is 11.9 Å². The summed E-state index contributed by atoms with van der Waals surface area (Å²) in [6.07, 6.45) is 3.80. The number of aromatic amines is 1. The van der Waals surface area contributed by atoms with Crippen molar-refractivity contribution in [2.45, 2.75) is 45.6 Å². The second kappa shape index (κ2) is 8.91. The van der Waals surface area contributed by atoms with Gasteiger partial charge in [-0.2, -0.15) is 10.1 Å². The van der Waals surface area contributed by atoms with Crippen molar-refractivity contribution in [3.8, 4) is 11.3 Å². The van der Waals surface area contributed by atoms with E-state index in [1.165, 1.54) is 0 Å². The van der Waals surface area contributed by atoms with Crippen molar-refractivity contribution in [2.75, 3.05) is 43.5 Å². The molecule has 3 aromatic heterocycles. The summed E-state index contributed by atoms with van der Waals surface area (Å²) in [6.45, 7) is 9.31. The monoisotopic (exact) mass is 481 g/mol. The molecule has 2 atom stereocenters. The molecular weight excluding hydrogens is 450 g/mol. The fourth-order valence-electron chi connectivity index (χ4n) is 5.08. The van der Waals surface area contributed by atoms with Gasteiger partial charge in [-0.3, -0.25) is 5.10 Å². The molecule has 3 aromatic rings. The van der Waals surface area contributed by atoms with Gasteiger partial charge in [0.25, 0.3) is 0 Å². The van der Waals surface area contributed by atoms with Gasteiger partial charge in [-0.15, -0.1) is 0 Å². The van der Waals surface area contributed by atoms with E-state index >= 15 is 0 Å². The highest BCUT2D eigenvalue weighted by molar-refractivity contribution is 5.93. The van der Waals surface area contributed by atoms with Gasteiger partial charge in [0.05, 0.1) is 30.0 Å². The maximum atomic E-state index is 11.9. The average Bonchev–Trinajstić information content (AvgIpc) is 3.28. The number of nitrogens with two attached hydrogens (primary N) is 1. The standard InChI is InChI=1S/C23H31N9O3/c1-23(2,3)15-10-13(4-5-32(15)22(33)34)18-16-17(14-11-25-20(24)26-12-14)27-21(28-19(16)30-29-18)31-6-8-35-9-7-31/h11-13,15H,4-10H2,1-3H3,(H,33,34)(H2,24,25,26)(H,27,28,29,30). The number of piperidine rings is 1. The van der Waals surface area contributed by atoms with Crippen LogP contribution in [0, 0.1) is 5.41 Å². The Balaban J connectivity index is 1.60. The van der Waals surface area contributed by atoms with Gasteiger partial charge in [0.1, 0.15) is 0 Å². The number of amides is 1. The SMILES string of the molecule is CC(C)(C)C1CC(c2[nH]nc3nc(N4CCOCC4)nc(-c4cnc(N)nc4)c23)CCN1C(=O)O. The molecule has 0 saturated carbocycles. The highest BCUT2D eigenvalue weighted by atomic mass is 16.5. The molecule has 0 aliphatic carbocycles. The minimum atomic E-state index is -0.879. The van der Waals surface area contributed by atoms with E-state index in [1.54, 1.807) is 17.3 Å². The third kappa shape index (κ3) is 4.45. The fraction of sp³-hybridized carbons (Fsp3) is 0.565. The summed E-state index contributed by atoms with van der Waals surface area (Å²) in [5.41, 5.74) is 8.42. The number of nitrogens with one attached hydrogen (secondary N) is 1. The minimum Gasteiger partial charge on any atom is -0.465 e. The predicted molar refractivity (Wildman–Crippen MR) is 130 cm³/mol. The number of rotatable bonds is 3. The van der Waals surface area contributed by atoms with Crippen molar-refractivity contribution in [1.82, 2.24) is 35.0 Å². The number of likely N-dealkylation sites (tertiary alicyclic amines) is 1. The molecule has 12 heteroatoms. The first-order valence-electron chi connectivity index (χ1n) is 11.9. The Kier molecular flexibility index (Phi) is 5.91. The zero-order valence-corrected chi connectivity index (χ0v) is 20.2. The van der Waals surface area contributed by atoms with Gasteiger partial charge in [-0.25, -0.2) is 19.7 Å². The molecule has 2 saturated heterocycles. The molecule has 0 spiro atoms. The number of hydrogen-bond donors (Lipinski definition) is 3. The Morgan fingerprint density at radius 2 is 1.89 bits per heavy atom. The molecular formula is C23H31N9O3. The van der Waals surface area contributed by atoms with E-state index in [9.17, 15) is 9.90 Å². The van der Waals surface area contributed by atoms with Crippen LogP contribution in [-0.4, -0.2) is 85.1 Å². The lowest BCUT2D eigenvalue weighted by molar-refractivity contribution is 0.0522.